The van der Waals surface area contributed by atoms with Gasteiger partial charge in [-0.3, -0.25) is 4.90 Å². The summed E-state index contributed by atoms with van der Waals surface area (Å²) in [4.78, 5) is 2.35. The number of ether oxygens (including phenoxy) is 1. The first-order chi connectivity index (χ1) is 7.77. The third kappa shape index (κ3) is 1.98. The molecular weight excluding hydrogens is 238 g/mol. The summed E-state index contributed by atoms with van der Waals surface area (Å²) in [6, 6.07) is 6.00. The number of likely N-dealkylation sites (N-methyl/N-ethyl adjacent to an activating group) is 1. The van der Waals surface area contributed by atoms with E-state index in [-0.39, 0.29) is 12.4 Å². The summed E-state index contributed by atoms with van der Waals surface area (Å²) in [5.41, 5.74) is 1.02. The van der Waals surface area contributed by atoms with E-state index in [0.717, 1.165) is 30.9 Å². The Kier molecular flexibility index (Phi) is 3.50. The standard InChI is InChI=1S/C13H17NO2.ClH/c1-14-7-3-4-9-10(14)8-16-12-6-2-5-11(15)13(9)12;/h2,5-6,9-10,15H,3-4,7-8H2,1H3;1H/t9-,10+;/m0./s1. The summed E-state index contributed by atoms with van der Waals surface area (Å²) in [7, 11) is 2.14. The van der Waals surface area contributed by atoms with Gasteiger partial charge in [-0.05, 0) is 38.6 Å². The first-order valence-electron chi connectivity index (χ1n) is 5.92. The quantitative estimate of drug-likeness (QED) is 0.773. The Morgan fingerprint density at radius 2 is 2.24 bits per heavy atom. The lowest BCUT2D eigenvalue weighted by Gasteiger charge is -2.42. The van der Waals surface area contributed by atoms with Crippen molar-refractivity contribution in [1.82, 2.24) is 4.90 Å². The number of likely N-dealkylation sites (tertiary alicyclic amines) is 1. The Morgan fingerprint density at radius 1 is 1.41 bits per heavy atom. The fraction of sp³-hybridized carbons (Fsp3) is 0.538. The molecule has 17 heavy (non-hydrogen) atoms. The van der Waals surface area contributed by atoms with Gasteiger partial charge in [0.1, 0.15) is 18.1 Å². The molecule has 1 saturated heterocycles. The van der Waals surface area contributed by atoms with E-state index in [1.807, 2.05) is 12.1 Å². The van der Waals surface area contributed by atoms with Crippen LogP contribution in [0.4, 0.5) is 0 Å². The van der Waals surface area contributed by atoms with Gasteiger partial charge >= 0.3 is 0 Å². The second-order valence-electron chi connectivity index (χ2n) is 4.80. The molecule has 1 aromatic carbocycles. The molecule has 0 aliphatic carbocycles. The van der Waals surface area contributed by atoms with Crippen molar-refractivity contribution in [3.8, 4) is 11.5 Å². The van der Waals surface area contributed by atoms with E-state index < -0.39 is 0 Å². The lowest BCUT2D eigenvalue weighted by atomic mass is 9.81. The fourth-order valence-corrected chi connectivity index (χ4v) is 3.01. The second-order valence-corrected chi connectivity index (χ2v) is 4.80. The van der Waals surface area contributed by atoms with E-state index in [9.17, 15) is 5.11 Å². The zero-order valence-electron chi connectivity index (χ0n) is 9.93. The summed E-state index contributed by atoms with van der Waals surface area (Å²) < 4.78 is 5.74. The number of hydrogen-bond acceptors (Lipinski definition) is 3. The van der Waals surface area contributed by atoms with Gasteiger partial charge < -0.3 is 9.84 Å². The summed E-state index contributed by atoms with van der Waals surface area (Å²) in [6.45, 7) is 1.88. The molecule has 1 fully saturated rings. The zero-order chi connectivity index (χ0) is 11.1. The van der Waals surface area contributed by atoms with Crippen LogP contribution in [0.5, 0.6) is 11.5 Å². The van der Waals surface area contributed by atoms with Gasteiger partial charge in [0, 0.05) is 11.5 Å². The Hall–Kier alpha value is -0.930. The highest BCUT2D eigenvalue weighted by molar-refractivity contribution is 5.85. The highest BCUT2D eigenvalue weighted by atomic mass is 35.5. The molecule has 0 unspecified atom stereocenters. The first kappa shape index (κ1) is 12.5. The van der Waals surface area contributed by atoms with Gasteiger partial charge in [-0.2, -0.15) is 0 Å². The van der Waals surface area contributed by atoms with Crippen LogP contribution in [-0.2, 0) is 0 Å². The summed E-state index contributed by atoms with van der Waals surface area (Å²) >= 11 is 0. The third-order valence-corrected chi connectivity index (χ3v) is 3.88. The maximum Gasteiger partial charge on any atom is 0.126 e. The van der Waals surface area contributed by atoms with Crippen LogP contribution < -0.4 is 4.74 Å². The minimum absolute atomic E-state index is 0. The molecule has 2 atom stereocenters. The molecule has 0 amide bonds. The van der Waals surface area contributed by atoms with E-state index in [1.54, 1.807) is 6.07 Å². The number of rotatable bonds is 0. The van der Waals surface area contributed by atoms with Gasteiger partial charge in [0.2, 0.25) is 0 Å². The lowest BCUT2D eigenvalue weighted by Crippen LogP contribution is -2.47. The van der Waals surface area contributed by atoms with Gasteiger partial charge in [0.05, 0.1) is 6.04 Å². The number of nitrogens with zero attached hydrogens (tertiary/aromatic N) is 1. The predicted octanol–water partition coefficient (Wildman–Crippen LogP) is 2.38. The van der Waals surface area contributed by atoms with E-state index in [0.29, 0.717) is 17.7 Å². The molecule has 2 aliphatic heterocycles. The van der Waals surface area contributed by atoms with Crippen LogP contribution in [0.3, 0.4) is 0 Å². The van der Waals surface area contributed by atoms with E-state index in [2.05, 4.69) is 11.9 Å². The SMILES string of the molecule is CN1CCC[C@@H]2c3c(O)cccc3OC[C@H]21.Cl. The first-order valence-corrected chi connectivity index (χ1v) is 5.92. The molecule has 0 bridgehead atoms. The highest BCUT2D eigenvalue weighted by Crippen LogP contribution is 2.44. The molecule has 94 valence electrons. The van der Waals surface area contributed by atoms with Gasteiger partial charge in [-0.25, -0.2) is 0 Å². The summed E-state index contributed by atoms with van der Waals surface area (Å²) in [5, 5.41) is 9.98. The van der Waals surface area contributed by atoms with Crippen molar-refractivity contribution in [2.45, 2.75) is 24.8 Å². The maximum absolute atomic E-state index is 9.98. The Bertz CT molecular complexity index is 410. The normalized spacial score (nSPS) is 27.4. The van der Waals surface area contributed by atoms with Crippen molar-refractivity contribution in [3.63, 3.8) is 0 Å². The van der Waals surface area contributed by atoms with E-state index >= 15 is 0 Å². The van der Waals surface area contributed by atoms with E-state index in [4.69, 9.17) is 4.74 Å². The van der Waals surface area contributed by atoms with Crippen molar-refractivity contribution < 1.29 is 9.84 Å². The van der Waals surface area contributed by atoms with Crippen molar-refractivity contribution >= 4 is 12.4 Å². The highest BCUT2D eigenvalue weighted by Gasteiger charge is 2.37. The summed E-state index contributed by atoms with van der Waals surface area (Å²) in [5.74, 6) is 1.70. The summed E-state index contributed by atoms with van der Waals surface area (Å²) in [6.07, 6.45) is 2.36. The second kappa shape index (κ2) is 4.75. The number of fused-ring (bicyclic) bond motifs is 3. The van der Waals surface area contributed by atoms with Crippen LogP contribution in [0.2, 0.25) is 0 Å². The largest absolute Gasteiger partial charge is 0.508 e. The van der Waals surface area contributed by atoms with Crippen molar-refractivity contribution in [2.24, 2.45) is 0 Å². The minimum Gasteiger partial charge on any atom is -0.508 e. The molecule has 0 radical (unpaired) electrons. The van der Waals surface area contributed by atoms with Crippen LogP contribution in [0.15, 0.2) is 18.2 Å². The van der Waals surface area contributed by atoms with Gasteiger partial charge in [0.25, 0.3) is 0 Å². The molecule has 4 heteroatoms. The molecule has 0 spiro atoms. The number of halogens is 1. The Morgan fingerprint density at radius 3 is 3.06 bits per heavy atom. The predicted molar refractivity (Wildman–Crippen MR) is 69.2 cm³/mol. The molecule has 0 aromatic heterocycles. The van der Waals surface area contributed by atoms with Crippen LogP contribution in [-0.4, -0.2) is 36.2 Å². The molecule has 3 nitrogen and oxygen atoms in total. The topological polar surface area (TPSA) is 32.7 Å². The number of phenolic OH excluding ortho intramolecular Hbond substituents is 1. The van der Waals surface area contributed by atoms with Crippen LogP contribution in [0, 0.1) is 0 Å². The third-order valence-electron chi connectivity index (χ3n) is 3.88. The molecule has 1 N–H and O–H groups in total. The van der Waals surface area contributed by atoms with Gasteiger partial charge in [-0.15, -0.1) is 12.4 Å². The van der Waals surface area contributed by atoms with Crippen molar-refractivity contribution in [1.29, 1.82) is 0 Å². The Labute approximate surface area is 108 Å². The molecule has 2 aliphatic rings. The van der Waals surface area contributed by atoms with Crippen LogP contribution in [0.1, 0.15) is 24.3 Å². The smallest absolute Gasteiger partial charge is 0.126 e. The number of aromatic hydroxyl groups is 1. The average Bonchev–Trinajstić information content (AvgIpc) is 2.29. The molecular formula is C13H18ClNO2. The maximum atomic E-state index is 9.98. The number of piperidine rings is 1. The van der Waals surface area contributed by atoms with E-state index in [1.165, 1.54) is 6.42 Å². The van der Waals surface area contributed by atoms with Crippen molar-refractivity contribution in [3.05, 3.63) is 23.8 Å². The fourth-order valence-electron chi connectivity index (χ4n) is 3.01. The monoisotopic (exact) mass is 255 g/mol. The van der Waals surface area contributed by atoms with Gasteiger partial charge in [0.15, 0.2) is 0 Å². The Balaban J connectivity index is 0.00000108. The van der Waals surface area contributed by atoms with Crippen LogP contribution in [0.25, 0.3) is 0 Å². The number of phenols is 1. The van der Waals surface area contributed by atoms with Gasteiger partial charge in [-0.1, -0.05) is 6.07 Å². The van der Waals surface area contributed by atoms with Crippen LogP contribution >= 0.6 is 12.4 Å². The average molecular weight is 256 g/mol. The molecule has 0 saturated carbocycles. The lowest BCUT2D eigenvalue weighted by molar-refractivity contribution is 0.0853. The molecule has 1 aromatic rings. The minimum atomic E-state index is 0. The zero-order valence-corrected chi connectivity index (χ0v) is 10.7. The van der Waals surface area contributed by atoms with Crippen molar-refractivity contribution in [2.75, 3.05) is 20.2 Å². The molecule has 3 rings (SSSR count). The number of hydrogen-bond donors (Lipinski definition) is 1. The molecule has 2 heterocycles. The number of benzene rings is 1.